The molecule has 0 bridgehead atoms. The maximum absolute atomic E-state index is 14.1. The van der Waals surface area contributed by atoms with Crippen molar-refractivity contribution in [2.45, 2.75) is 58.0 Å². The Kier molecular flexibility index (Phi) is 10.7. The second-order valence-corrected chi connectivity index (χ2v) is 11.7. The molecule has 3 rings (SSSR count). The number of benzene rings is 3. The SMILES string of the molecule is CCCCNC(=O)C(C)N(Cc1cccc(C)c1)C(=O)CN(c1cc(C)ccc1OC)S(=O)(=O)c1ccccc1. The zero-order valence-corrected chi connectivity index (χ0v) is 24.7. The summed E-state index contributed by atoms with van der Waals surface area (Å²) in [5, 5.41) is 2.90. The van der Waals surface area contributed by atoms with Gasteiger partial charge in [-0.3, -0.25) is 13.9 Å². The third kappa shape index (κ3) is 7.63. The number of hydrogen-bond acceptors (Lipinski definition) is 5. The molecule has 0 aliphatic carbocycles. The number of carbonyl (C=O) groups excluding carboxylic acids is 2. The van der Waals surface area contributed by atoms with E-state index in [-0.39, 0.29) is 23.0 Å². The van der Waals surface area contributed by atoms with Crippen LogP contribution in [-0.4, -0.2) is 51.4 Å². The number of aryl methyl sites for hydroxylation is 2. The van der Waals surface area contributed by atoms with Gasteiger partial charge in [-0.1, -0.05) is 67.4 Å². The Balaban J connectivity index is 2.06. The standard InChI is InChI=1S/C31H39N3O5S/c1-6-7-18-32-31(36)25(4)33(21-26-13-11-12-23(2)19-26)30(35)22-34(28-20-24(3)16-17-29(28)39-5)40(37,38)27-14-9-8-10-15-27/h8-17,19-20,25H,6-7,18,21-22H2,1-5H3,(H,32,36). The molecule has 0 radical (unpaired) electrons. The summed E-state index contributed by atoms with van der Waals surface area (Å²) in [6.07, 6.45) is 1.74. The lowest BCUT2D eigenvalue weighted by atomic mass is 10.1. The second kappa shape index (κ2) is 14.0. The van der Waals surface area contributed by atoms with E-state index in [1.165, 1.54) is 24.1 Å². The Morgan fingerprint density at radius 3 is 2.30 bits per heavy atom. The number of hydrogen-bond donors (Lipinski definition) is 1. The lowest BCUT2D eigenvalue weighted by Gasteiger charge is -2.32. The van der Waals surface area contributed by atoms with Crippen LogP contribution in [0.25, 0.3) is 0 Å². The molecule has 8 nitrogen and oxygen atoms in total. The van der Waals surface area contributed by atoms with E-state index < -0.39 is 28.5 Å². The number of nitrogens with zero attached hydrogens (tertiary/aromatic N) is 2. The highest BCUT2D eigenvalue weighted by Crippen LogP contribution is 2.33. The van der Waals surface area contributed by atoms with Crippen LogP contribution in [0.15, 0.2) is 77.7 Å². The monoisotopic (exact) mass is 565 g/mol. The van der Waals surface area contributed by atoms with Gasteiger partial charge in [-0.15, -0.1) is 0 Å². The zero-order valence-electron chi connectivity index (χ0n) is 23.9. The second-order valence-electron chi connectivity index (χ2n) is 9.83. The minimum absolute atomic E-state index is 0.0435. The smallest absolute Gasteiger partial charge is 0.264 e. The van der Waals surface area contributed by atoms with Crippen LogP contribution in [-0.2, 0) is 26.2 Å². The van der Waals surface area contributed by atoms with Gasteiger partial charge >= 0.3 is 0 Å². The average molecular weight is 566 g/mol. The van der Waals surface area contributed by atoms with Crippen molar-refractivity contribution in [3.63, 3.8) is 0 Å². The Morgan fingerprint density at radius 1 is 0.950 bits per heavy atom. The first-order valence-corrected chi connectivity index (χ1v) is 14.9. The number of rotatable bonds is 13. The van der Waals surface area contributed by atoms with E-state index in [2.05, 4.69) is 5.32 Å². The van der Waals surface area contributed by atoms with Gasteiger partial charge in [-0.2, -0.15) is 0 Å². The molecule has 1 N–H and O–H groups in total. The number of nitrogens with one attached hydrogen (secondary N) is 1. The van der Waals surface area contributed by atoms with E-state index in [4.69, 9.17) is 4.74 Å². The molecule has 0 fully saturated rings. The van der Waals surface area contributed by atoms with Crippen molar-refractivity contribution < 1.29 is 22.7 Å². The summed E-state index contributed by atoms with van der Waals surface area (Å²) in [7, 11) is -2.72. The van der Waals surface area contributed by atoms with Crippen LogP contribution in [0.1, 0.15) is 43.4 Å². The molecule has 0 aliphatic rings. The molecule has 3 aromatic carbocycles. The molecular formula is C31H39N3O5S. The highest BCUT2D eigenvalue weighted by Gasteiger charge is 2.33. The predicted octanol–water partition coefficient (Wildman–Crippen LogP) is 4.84. The fourth-order valence-corrected chi connectivity index (χ4v) is 5.79. The number of amides is 2. The van der Waals surface area contributed by atoms with E-state index in [0.29, 0.717) is 12.3 Å². The molecule has 0 heterocycles. The quantitative estimate of drug-likeness (QED) is 0.299. The summed E-state index contributed by atoms with van der Waals surface area (Å²) in [5.41, 5.74) is 2.90. The molecule has 214 valence electrons. The molecule has 1 unspecified atom stereocenters. The van der Waals surface area contributed by atoms with Crippen LogP contribution in [0.3, 0.4) is 0 Å². The van der Waals surface area contributed by atoms with Gasteiger partial charge in [0.25, 0.3) is 10.0 Å². The van der Waals surface area contributed by atoms with E-state index in [0.717, 1.165) is 33.8 Å². The van der Waals surface area contributed by atoms with Gasteiger partial charge in [0.05, 0.1) is 17.7 Å². The first-order valence-electron chi connectivity index (χ1n) is 13.4. The Bertz CT molecular complexity index is 1410. The van der Waals surface area contributed by atoms with Crippen molar-refractivity contribution in [1.82, 2.24) is 10.2 Å². The van der Waals surface area contributed by atoms with Crippen molar-refractivity contribution in [3.05, 3.63) is 89.5 Å². The molecule has 1 atom stereocenters. The Morgan fingerprint density at radius 2 is 1.65 bits per heavy atom. The van der Waals surface area contributed by atoms with Gasteiger partial charge in [0.2, 0.25) is 11.8 Å². The van der Waals surface area contributed by atoms with Gasteiger partial charge in [-0.05, 0) is 62.6 Å². The number of carbonyl (C=O) groups is 2. The summed E-state index contributed by atoms with van der Waals surface area (Å²) in [6.45, 7) is 7.62. The predicted molar refractivity (Wildman–Crippen MR) is 158 cm³/mol. The maximum atomic E-state index is 14.1. The highest BCUT2D eigenvalue weighted by molar-refractivity contribution is 7.92. The average Bonchev–Trinajstić information content (AvgIpc) is 2.94. The van der Waals surface area contributed by atoms with E-state index in [1.807, 2.05) is 51.1 Å². The summed E-state index contributed by atoms with van der Waals surface area (Å²) in [6, 6.07) is 20.0. The number of unbranched alkanes of at least 4 members (excludes halogenated alkanes) is 1. The Labute approximate surface area is 238 Å². The van der Waals surface area contributed by atoms with Gasteiger partial charge < -0.3 is 15.0 Å². The van der Waals surface area contributed by atoms with Crippen LogP contribution in [0.4, 0.5) is 5.69 Å². The van der Waals surface area contributed by atoms with Crippen LogP contribution < -0.4 is 14.4 Å². The van der Waals surface area contributed by atoms with Gasteiger partial charge in [0.15, 0.2) is 0 Å². The van der Waals surface area contributed by atoms with Crippen molar-refractivity contribution in [1.29, 1.82) is 0 Å². The molecule has 0 spiro atoms. The minimum Gasteiger partial charge on any atom is -0.495 e. The third-order valence-corrected chi connectivity index (χ3v) is 8.42. The molecule has 0 aromatic heterocycles. The molecule has 0 saturated heterocycles. The number of methoxy groups -OCH3 is 1. The van der Waals surface area contributed by atoms with E-state index >= 15 is 0 Å². The summed E-state index contributed by atoms with van der Waals surface area (Å²) < 4.78 is 34.5. The maximum Gasteiger partial charge on any atom is 0.264 e. The molecular weight excluding hydrogens is 526 g/mol. The molecule has 2 amide bonds. The lowest BCUT2D eigenvalue weighted by Crippen LogP contribution is -2.51. The third-order valence-electron chi connectivity index (χ3n) is 6.65. The number of ether oxygens (including phenoxy) is 1. The molecule has 3 aromatic rings. The largest absolute Gasteiger partial charge is 0.495 e. The van der Waals surface area contributed by atoms with Crippen molar-refractivity contribution >= 4 is 27.5 Å². The fourth-order valence-electron chi connectivity index (χ4n) is 4.35. The van der Waals surface area contributed by atoms with Crippen molar-refractivity contribution in [3.8, 4) is 5.75 Å². The van der Waals surface area contributed by atoms with E-state index in [9.17, 15) is 18.0 Å². The molecule has 0 aliphatic heterocycles. The van der Waals surface area contributed by atoms with Gasteiger partial charge in [-0.25, -0.2) is 8.42 Å². The summed E-state index contributed by atoms with van der Waals surface area (Å²) in [5.74, 6) is -0.490. The first-order chi connectivity index (χ1) is 19.1. The number of sulfonamides is 1. The normalized spacial score (nSPS) is 11.9. The molecule has 40 heavy (non-hydrogen) atoms. The topological polar surface area (TPSA) is 96.0 Å². The Hall–Kier alpha value is -3.85. The summed E-state index contributed by atoms with van der Waals surface area (Å²) in [4.78, 5) is 28.6. The first kappa shape index (κ1) is 30.7. The van der Waals surface area contributed by atoms with Crippen molar-refractivity contribution in [2.75, 3.05) is 24.5 Å². The summed E-state index contributed by atoms with van der Waals surface area (Å²) >= 11 is 0. The van der Waals surface area contributed by atoms with Gasteiger partial charge in [0, 0.05) is 13.1 Å². The van der Waals surface area contributed by atoms with Crippen LogP contribution >= 0.6 is 0 Å². The molecule has 9 heteroatoms. The van der Waals surface area contributed by atoms with Gasteiger partial charge in [0.1, 0.15) is 18.3 Å². The zero-order chi connectivity index (χ0) is 29.3. The van der Waals surface area contributed by atoms with E-state index in [1.54, 1.807) is 37.3 Å². The fraction of sp³-hybridized carbons (Fsp3) is 0.355. The van der Waals surface area contributed by atoms with Crippen LogP contribution in [0.2, 0.25) is 0 Å². The van der Waals surface area contributed by atoms with Crippen LogP contribution in [0, 0.1) is 13.8 Å². The van der Waals surface area contributed by atoms with Crippen molar-refractivity contribution in [2.24, 2.45) is 0 Å². The van der Waals surface area contributed by atoms with Crippen LogP contribution in [0.5, 0.6) is 5.75 Å². The minimum atomic E-state index is -4.17. The molecule has 0 saturated carbocycles. The number of anilines is 1. The lowest BCUT2D eigenvalue weighted by molar-refractivity contribution is -0.139. The highest BCUT2D eigenvalue weighted by atomic mass is 32.2.